The van der Waals surface area contributed by atoms with Gasteiger partial charge in [0.25, 0.3) is 0 Å². The third-order valence-corrected chi connectivity index (χ3v) is 3.36. The second-order valence-corrected chi connectivity index (χ2v) is 4.86. The van der Waals surface area contributed by atoms with E-state index in [9.17, 15) is 4.39 Å². The number of benzene rings is 2. The highest BCUT2D eigenvalue weighted by Crippen LogP contribution is 2.31. The highest BCUT2D eigenvalue weighted by Gasteiger charge is 2.08. The Hall–Kier alpha value is -1.10. The summed E-state index contributed by atoms with van der Waals surface area (Å²) in [6.45, 7) is 0.275. The zero-order valence-electron chi connectivity index (χ0n) is 9.29. The van der Waals surface area contributed by atoms with Gasteiger partial charge in [-0.3, -0.25) is 0 Å². The van der Waals surface area contributed by atoms with Crippen LogP contribution in [0.1, 0.15) is 5.56 Å². The highest BCUT2D eigenvalue weighted by atomic mass is 79.9. The Kier molecular flexibility index (Phi) is 4.22. The summed E-state index contributed by atoms with van der Waals surface area (Å²) in [4.78, 5) is 0. The minimum Gasteiger partial charge on any atom is -0.457 e. The van der Waals surface area contributed by atoms with Gasteiger partial charge < -0.3 is 10.5 Å². The molecule has 0 radical (unpaired) electrons. The molecule has 0 unspecified atom stereocenters. The fraction of sp³-hybridized carbons (Fsp3) is 0.0769. The predicted octanol–water partition coefficient (Wildman–Crippen LogP) is 4.49. The summed E-state index contributed by atoms with van der Waals surface area (Å²) in [6, 6.07) is 9.71. The molecule has 2 rings (SSSR count). The van der Waals surface area contributed by atoms with Gasteiger partial charge in [-0.15, -0.1) is 0 Å². The first-order valence-corrected chi connectivity index (χ1v) is 6.39. The molecule has 0 fully saturated rings. The van der Waals surface area contributed by atoms with Gasteiger partial charge in [0.1, 0.15) is 17.3 Å². The van der Waals surface area contributed by atoms with Crippen LogP contribution in [0, 0.1) is 5.82 Å². The summed E-state index contributed by atoms with van der Waals surface area (Å²) < 4.78 is 19.1. The van der Waals surface area contributed by atoms with Gasteiger partial charge >= 0.3 is 0 Å². The van der Waals surface area contributed by atoms with Gasteiger partial charge in [0, 0.05) is 17.1 Å². The number of ether oxygens (including phenoxy) is 1. The maximum atomic E-state index is 13.1. The molecule has 0 amide bonds. The summed E-state index contributed by atoms with van der Waals surface area (Å²) >= 11 is 9.13. The molecule has 0 aliphatic rings. The summed E-state index contributed by atoms with van der Waals surface area (Å²) in [5.41, 5.74) is 6.35. The van der Waals surface area contributed by atoms with Crippen molar-refractivity contribution in [3.05, 3.63) is 57.3 Å². The van der Waals surface area contributed by atoms with E-state index >= 15 is 0 Å². The van der Waals surface area contributed by atoms with E-state index in [4.69, 9.17) is 22.1 Å². The van der Waals surface area contributed by atoms with Crippen LogP contribution in [0.15, 0.2) is 40.9 Å². The average Bonchev–Trinajstić information content (AvgIpc) is 2.34. The molecule has 0 bridgehead atoms. The van der Waals surface area contributed by atoms with E-state index in [1.165, 1.54) is 6.07 Å². The lowest BCUT2D eigenvalue weighted by Gasteiger charge is -2.11. The third kappa shape index (κ3) is 2.83. The minimum atomic E-state index is -0.340. The molecule has 0 saturated carbocycles. The molecule has 2 aromatic carbocycles. The molecule has 2 aromatic rings. The maximum absolute atomic E-state index is 13.1. The van der Waals surface area contributed by atoms with Crippen LogP contribution in [0.5, 0.6) is 11.5 Å². The second kappa shape index (κ2) is 5.69. The summed E-state index contributed by atoms with van der Waals surface area (Å²) in [6.07, 6.45) is 0. The van der Waals surface area contributed by atoms with Crippen molar-refractivity contribution < 1.29 is 9.13 Å². The van der Waals surface area contributed by atoms with E-state index in [0.29, 0.717) is 21.0 Å². The third-order valence-electron chi connectivity index (χ3n) is 2.40. The molecular formula is C13H10BrClFNO. The van der Waals surface area contributed by atoms with Crippen LogP contribution < -0.4 is 10.5 Å². The minimum absolute atomic E-state index is 0.275. The van der Waals surface area contributed by atoms with Crippen LogP contribution in [-0.4, -0.2) is 0 Å². The Balaban J connectivity index is 2.34. The smallest absolute Gasteiger partial charge is 0.137 e. The van der Waals surface area contributed by atoms with Gasteiger partial charge in [0.05, 0.1) is 4.47 Å². The first-order valence-electron chi connectivity index (χ1n) is 5.22. The Labute approximate surface area is 118 Å². The van der Waals surface area contributed by atoms with Crippen LogP contribution in [0.25, 0.3) is 0 Å². The molecule has 0 aromatic heterocycles. The molecule has 0 spiro atoms. The van der Waals surface area contributed by atoms with E-state index in [-0.39, 0.29) is 12.4 Å². The lowest BCUT2D eigenvalue weighted by Crippen LogP contribution is -2.00. The van der Waals surface area contributed by atoms with Crippen LogP contribution in [0.4, 0.5) is 4.39 Å². The number of hydrogen-bond donors (Lipinski definition) is 1. The molecule has 94 valence electrons. The van der Waals surface area contributed by atoms with Gasteiger partial charge in [0.15, 0.2) is 0 Å². The average molecular weight is 331 g/mol. The second-order valence-electron chi connectivity index (χ2n) is 3.60. The Morgan fingerprint density at radius 1 is 1.28 bits per heavy atom. The molecule has 18 heavy (non-hydrogen) atoms. The van der Waals surface area contributed by atoms with E-state index in [1.54, 1.807) is 30.3 Å². The van der Waals surface area contributed by atoms with Crippen LogP contribution in [-0.2, 0) is 6.54 Å². The molecule has 2 nitrogen and oxygen atoms in total. The fourth-order valence-corrected chi connectivity index (χ4v) is 2.10. The summed E-state index contributed by atoms with van der Waals surface area (Å²) in [5, 5.41) is 0.552. The van der Waals surface area contributed by atoms with Gasteiger partial charge in [0.2, 0.25) is 0 Å². The van der Waals surface area contributed by atoms with E-state index in [2.05, 4.69) is 15.9 Å². The number of hydrogen-bond acceptors (Lipinski definition) is 2. The molecule has 0 aliphatic heterocycles. The van der Waals surface area contributed by atoms with E-state index < -0.39 is 0 Å². The lowest BCUT2D eigenvalue weighted by molar-refractivity contribution is 0.474. The van der Waals surface area contributed by atoms with E-state index in [0.717, 1.165) is 5.56 Å². The number of nitrogens with two attached hydrogens (primary N) is 1. The molecule has 5 heteroatoms. The van der Waals surface area contributed by atoms with Gasteiger partial charge in [-0.1, -0.05) is 17.7 Å². The van der Waals surface area contributed by atoms with Crippen molar-refractivity contribution in [2.24, 2.45) is 5.73 Å². The lowest BCUT2D eigenvalue weighted by atomic mass is 10.2. The van der Waals surface area contributed by atoms with Crippen molar-refractivity contribution in [3.63, 3.8) is 0 Å². The number of halogens is 3. The van der Waals surface area contributed by atoms with Crippen molar-refractivity contribution in [1.29, 1.82) is 0 Å². The van der Waals surface area contributed by atoms with Crippen LogP contribution in [0.2, 0.25) is 5.02 Å². The first kappa shape index (κ1) is 13.3. The Morgan fingerprint density at radius 2 is 2.06 bits per heavy atom. The van der Waals surface area contributed by atoms with E-state index in [1.807, 2.05) is 0 Å². The van der Waals surface area contributed by atoms with Crippen molar-refractivity contribution in [3.8, 4) is 11.5 Å². The fourth-order valence-electron chi connectivity index (χ4n) is 1.50. The standard InChI is InChI=1S/C13H10BrClFNO/c14-10-6-8(4-5-12(10)16)18-13-3-1-2-11(15)9(13)7-17/h1-6H,7,17H2. The van der Waals surface area contributed by atoms with Gasteiger partial charge in [-0.25, -0.2) is 4.39 Å². The summed E-state index contributed by atoms with van der Waals surface area (Å²) in [7, 11) is 0. The predicted molar refractivity (Wildman–Crippen MR) is 73.5 cm³/mol. The zero-order chi connectivity index (χ0) is 13.1. The molecule has 0 saturated heterocycles. The quantitative estimate of drug-likeness (QED) is 0.899. The maximum Gasteiger partial charge on any atom is 0.137 e. The monoisotopic (exact) mass is 329 g/mol. The highest BCUT2D eigenvalue weighted by molar-refractivity contribution is 9.10. The number of rotatable bonds is 3. The zero-order valence-corrected chi connectivity index (χ0v) is 11.6. The molecule has 0 heterocycles. The largest absolute Gasteiger partial charge is 0.457 e. The topological polar surface area (TPSA) is 35.2 Å². The van der Waals surface area contributed by atoms with Gasteiger partial charge in [-0.2, -0.15) is 0 Å². The normalized spacial score (nSPS) is 10.4. The van der Waals surface area contributed by atoms with Crippen molar-refractivity contribution in [1.82, 2.24) is 0 Å². The molecule has 2 N–H and O–H groups in total. The van der Waals surface area contributed by atoms with Crippen LogP contribution >= 0.6 is 27.5 Å². The Morgan fingerprint density at radius 3 is 2.72 bits per heavy atom. The Bertz CT molecular complexity index is 577. The molecule has 0 atom stereocenters. The van der Waals surface area contributed by atoms with Gasteiger partial charge in [-0.05, 0) is 46.3 Å². The van der Waals surface area contributed by atoms with Crippen molar-refractivity contribution >= 4 is 27.5 Å². The summed E-state index contributed by atoms with van der Waals surface area (Å²) in [5.74, 6) is 0.747. The van der Waals surface area contributed by atoms with Crippen molar-refractivity contribution in [2.45, 2.75) is 6.54 Å². The SMILES string of the molecule is NCc1c(Cl)cccc1Oc1ccc(F)c(Br)c1. The molecular weight excluding hydrogens is 321 g/mol. The van der Waals surface area contributed by atoms with Crippen molar-refractivity contribution in [2.75, 3.05) is 0 Å². The van der Waals surface area contributed by atoms with Crippen LogP contribution in [0.3, 0.4) is 0 Å². The first-order chi connectivity index (χ1) is 8.61. The molecule has 0 aliphatic carbocycles.